The zero-order chi connectivity index (χ0) is 21.6. The summed E-state index contributed by atoms with van der Waals surface area (Å²) in [6, 6.07) is 6.97. The highest BCUT2D eigenvalue weighted by molar-refractivity contribution is 7.87. The summed E-state index contributed by atoms with van der Waals surface area (Å²) < 4.78 is 15.1. The number of benzene rings is 1. The van der Waals surface area contributed by atoms with Crippen LogP contribution in [-0.2, 0) is 36.3 Å². The Bertz CT molecular complexity index is 859. The van der Waals surface area contributed by atoms with E-state index < -0.39 is 55.3 Å². The second-order valence-corrected chi connectivity index (χ2v) is 12.0. The molecule has 1 aromatic rings. The molecular formula is C18H19Cl3N2O5S. The number of amides is 2. The van der Waals surface area contributed by atoms with Crippen LogP contribution in [-0.4, -0.2) is 59.5 Å². The van der Waals surface area contributed by atoms with Gasteiger partial charge in [0.25, 0.3) is 0 Å². The van der Waals surface area contributed by atoms with Crippen LogP contribution < -0.4 is 5.32 Å². The van der Waals surface area contributed by atoms with Gasteiger partial charge in [0, 0.05) is 0 Å². The summed E-state index contributed by atoms with van der Waals surface area (Å²) in [6.07, 6.45) is 0.0854. The number of alkyl halides is 3. The number of hydrogen-bond acceptors (Lipinski definition) is 5. The Hall–Kier alpha value is -1.35. The number of fused-ring (bicyclic) bond motifs is 1. The number of rotatable bonds is 5. The number of β-lactam (4-membered cyclic amide) rings is 1. The van der Waals surface area contributed by atoms with E-state index in [1.165, 1.54) is 4.90 Å². The van der Waals surface area contributed by atoms with Crippen molar-refractivity contribution in [1.82, 2.24) is 10.2 Å². The molecule has 11 heteroatoms. The number of esters is 1. The fourth-order valence-electron chi connectivity index (χ4n) is 3.51. The van der Waals surface area contributed by atoms with Gasteiger partial charge in [-0.05, 0) is 19.4 Å². The fourth-order valence-corrected chi connectivity index (χ4v) is 5.59. The Morgan fingerprint density at radius 3 is 2.45 bits per heavy atom. The Morgan fingerprint density at radius 2 is 1.86 bits per heavy atom. The molecule has 3 rings (SSSR count). The van der Waals surface area contributed by atoms with Gasteiger partial charge in [-0.15, -0.1) is 0 Å². The van der Waals surface area contributed by atoms with Crippen molar-refractivity contribution in [1.29, 1.82) is 0 Å². The monoisotopic (exact) mass is 480 g/mol. The predicted octanol–water partition coefficient (Wildman–Crippen LogP) is 1.71. The van der Waals surface area contributed by atoms with Crippen molar-refractivity contribution in [3.05, 3.63) is 35.9 Å². The number of nitrogens with one attached hydrogen (secondary N) is 1. The molecule has 2 fully saturated rings. The van der Waals surface area contributed by atoms with E-state index >= 15 is 0 Å². The number of carbonyl (C=O) groups is 3. The zero-order valence-corrected chi connectivity index (χ0v) is 18.6. The van der Waals surface area contributed by atoms with Gasteiger partial charge in [0.15, 0.2) is 0 Å². The van der Waals surface area contributed by atoms with Crippen LogP contribution >= 0.6 is 34.8 Å². The van der Waals surface area contributed by atoms with Crippen molar-refractivity contribution in [2.24, 2.45) is 0 Å². The largest absolute Gasteiger partial charge is 0.460 e. The summed E-state index contributed by atoms with van der Waals surface area (Å²) in [5, 5.41) is 1.81. The van der Waals surface area contributed by atoms with Gasteiger partial charge in [-0.1, -0.05) is 65.1 Å². The molecule has 1 N–H and O–H groups in total. The summed E-state index contributed by atoms with van der Waals surface area (Å²) in [5.41, 5.74) is 0.787. The van der Waals surface area contributed by atoms with E-state index in [1.807, 2.05) is 6.07 Å². The average Bonchev–Trinajstić information content (AvgIpc) is 2.82. The molecule has 0 unspecified atom stereocenters. The molecule has 2 heterocycles. The van der Waals surface area contributed by atoms with Gasteiger partial charge in [0.05, 0.1) is 22.0 Å². The summed E-state index contributed by atoms with van der Waals surface area (Å²) in [7, 11) is -1.62. The third-order valence-corrected chi connectivity index (χ3v) is 7.41. The molecule has 4 atom stereocenters. The van der Waals surface area contributed by atoms with Gasteiger partial charge in [0.2, 0.25) is 15.6 Å². The number of ether oxygens (including phenoxy) is 1. The first-order chi connectivity index (χ1) is 13.4. The number of nitrogens with zero attached hydrogens (tertiary/aromatic N) is 1. The third kappa shape index (κ3) is 4.40. The van der Waals surface area contributed by atoms with Crippen LogP contribution in [0.3, 0.4) is 0 Å². The van der Waals surface area contributed by atoms with Crippen LogP contribution in [0.5, 0.6) is 0 Å². The lowest BCUT2D eigenvalue weighted by molar-refractivity contribution is -0.164. The molecule has 2 saturated heterocycles. The first kappa shape index (κ1) is 22.3. The highest BCUT2D eigenvalue weighted by atomic mass is 35.6. The van der Waals surface area contributed by atoms with Crippen molar-refractivity contribution < 1.29 is 23.3 Å². The van der Waals surface area contributed by atoms with E-state index in [9.17, 15) is 18.6 Å². The molecule has 158 valence electrons. The Labute approximate surface area is 185 Å². The van der Waals surface area contributed by atoms with Crippen molar-refractivity contribution in [3.8, 4) is 0 Å². The maximum Gasteiger partial charge on any atom is 0.330 e. The van der Waals surface area contributed by atoms with Gasteiger partial charge in [-0.25, -0.2) is 4.79 Å². The summed E-state index contributed by atoms with van der Waals surface area (Å²) in [5.74, 6) is -1.67. The first-order valence-electron chi connectivity index (χ1n) is 8.73. The summed E-state index contributed by atoms with van der Waals surface area (Å²) in [4.78, 5) is 38.7. The minimum Gasteiger partial charge on any atom is -0.460 e. The van der Waals surface area contributed by atoms with Crippen molar-refractivity contribution in [3.63, 3.8) is 0 Å². The lowest BCUT2D eigenvalue weighted by Gasteiger charge is -2.43. The van der Waals surface area contributed by atoms with Gasteiger partial charge in [0.1, 0.15) is 24.1 Å². The summed E-state index contributed by atoms with van der Waals surface area (Å²) >= 11 is 16.8. The predicted molar refractivity (Wildman–Crippen MR) is 110 cm³/mol. The minimum atomic E-state index is -1.80. The maximum atomic E-state index is 13.0. The molecule has 0 spiro atoms. The first-order valence-corrected chi connectivity index (χ1v) is 11.1. The van der Waals surface area contributed by atoms with Gasteiger partial charge in [-0.3, -0.25) is 13.8 Å². The van der Waals surface area contributed by atoms with E-state index in [0.717, 1.165) is 5.56 Å². The molecule has 2 aliphatic rings. The van der Waals surface area contributed by atoms with E-state index in [1.54, 1.807) is 38.1 Å². The lowest BCUT2D eigenvalue weighted by Crippen LogP contribution is -2.71. The Kier molecular flexibility index (Phi) is 6.21. The van der Waals surface area contributed by atoms with Crippen LogP contribution in [0.2, 0.25) is 0 Å². The fraction of sp³-hybridized carbons (Fsp3) is 0.500. The van der Waals surface area contributed by atoms with Gasteiger partial charge >= 0.3 is 5.97 Å². The molecule has 2 aliphatic heterocycles. The number of hydrogen-bond donors (Lipinski definition) is 1. The molecule has 0 saturated carbocycles. The van der Waals surface area contributed by atoms with Crippen molar-refractivity contribution in [2.75, 3.05) is 6.61 Å². The van der Waals surface area contributed by atoms with Crippen LogP contribution in [0, 0.1) is 0 Å². The molecule has 29 heavy (non-hydrogen) atoms. The van der Waals surface area contributed by atoms with E-state index in [4.69, 9.17) is 39.5 Å². The summed E-state index contributed by atoms with van der Waals surface area (Å²) in [6.45, 7) is 2.69. The van der Waals surface area contributed by atoms with Gasteiger partial charge < -0.3 is 15.0 Å². The van der Waals surface area contributed by atoms with Crippen LogP contribution in [0.25, 0.3) is 0 Å². The highest BCUT2D eigenvalue weighted by Gasteiger charge is 2.68. The second kappa shape index (κ2) is 8.06. The van der Waals surface area contributed by atoms with E-state index in [0.29, 0.717) is 0 Å². The quantitative estimate of drug-likeness (QED) is 0.393. The normalized spacial score (nSPS) is 27.8. The van der Waals surface area contributed by atoms with Gasteiger partial charge in [-0.2, -0.15) is 0 Å². The number of halogens is 3. The SMILES string of the molecule is CC1(C)[C@H](C(=O)OCC(Cl)(Cl)Cl)N2C(=O)[C@@H](NC(=O)Cc3ccccc3)[C@H]2[S@]1=O. The van der Waals surface area contributed by atoms with Crippen LogP contribution in [0.4, 0.5) is 0 Å². The number of carbonyl (C=O) groups excluding carboxylic acids is 3. The van der Waals surface area contributed by atoms with E-state index in [-0.39, 0.29) is 12.3 Å². The minimum absolute atomic E-state index is 0.0854. The molecule has 7 nitrogen and oxygen atoms in total. The van der Waals surface area contributed by atoms with Crippen molar-refractivity contribution in [2.45, 2.75) is 46.3 Å². The third-order valence-electron chi connectivity index (χ3n) is 4.88. The molecule has 0 radical (unpaired) electrons. The zero-order valence-electron chi connectivity index (χ0n) is 15.6. The molecular weight excluding hydrogens is 463 g/mol. The van der Waals surface area contributed by atoms with Crippen LogP contribution in [0.1, 0.15) is 19.4 Å². The van der Waals surface area contributed by atoms with Crippen LogP contribution in [0.15, 0.2) is 30.3 Å². The lowest BCUT2D eigenvalue weighted by atomic mass is 9.96. The Morgan fingerprint density at radius 1 is 1.24 bits per heavy atom. The molecule has 1 aromatic carbocycles. The smallest absolute Gasteiger partial charge is 0.330 e. The molecule has 0 bridgehead atoms. The molecule has 0 aromatic heterocycles. The topological polar surface area (TPSA) is 92.8 Å². The highest BCUT2D eigenvalue weighted by Crippen LogP contribution is 2.44. The molecule has 2 amide bonds. The maximum absolute atomic E-state index is 13.0. The van der Waals surface area contributed by atoms with Crippen molar-refractivity contribution >= 4 is 63.4 Å². The molecule has 0 aliphatic carbocycles. The standard InChI is InChI=1S/C18H19Cl3N2O5S/c1-17(2)13(16(26)28-9-18(19,20)21)23-14(25)12(15(23)29(17)27)22-11(24)8-10-6-4-3-5-7-10/h3-7,12-13,15H,8-9H2,1-2H3,(H,22,24)/t12-,13+,15-,29-/m1/s1. The average molecular weight is 482 g/mol. The Balaban J connectivity index is 1.71. The second-order valence-electron chi connectivity index (χ2n) is 7.37. The van der Waals surface area contributed by atoms with E-state index in [2.05, 4.69) is 5.32 Å².